The minimum atomic E-state index is -0.897. The molecule has 0 spiro atoms. The second kappa shape index (κ2) is 6.35. The molecule has 0 aliphatic heterocycles. The first-order valence-electron chi connectivity index (χ1n) is 6.76. The van der Waals surface area contributed by atoms with Crippen LogP contribution in [0.25, 0.3) is 11.1 Å². The van der Waals surface area contributed by atoms with Gasteiger partial charge in [-0.3, -0.25) is 0 Å². The second-order valence-electron chi connectivity index (χ2n) is 4.75. The van der Waals surface area contributed by atoms with Gasteiger partial charge in [0.2, 0.25) is 0 Å². The fourth-order valence-corrected chi connectivity index (χ4v) is 2.32. The number of carboxylic acid groups (broad SMARTS) is 1. The third kappa shape index (κ3) is 3.06. The average Bonchev–Trinajstić information content (AvgIpc) is 2.49. The van der Waals surface area contributed by atoms with E-state index in [1.54, 1.807) is 12.1 Å². The molecule has 0 radical (unpaired) electrons. The highest BCUT2D eigenvalue weighted by atomic mass is 16.4. The van der Waals surface area contributed by atoms with Gasteiger partial charge in [0, 0.05) is 6.04 Å². The molecule has 2 aromatic rings. The van der Waals surface area contributed by atoms with Crippen molar-refractivity contribution in [2.24, 2.45) is 0 Å². The van der Waals surface area contributed by atoms with E-state index < -0.39 is 5.97 Å². The Morgan fingerprint density at radius 3 is 1.95 bits per heavy atom. The molecule has 3 nitrogen and oxygen atoms in total. The smallest absolute Gasteiger partial charge is 0.335 e. The predicted octanol–water partition coefficient (Wildman–Crippen LogP) is 3.72. The molecular weight excluding hydrogens is 250 g/mol. The van der Waals surface area contributed by atoms with Crippen molar-refractivity contribution in [3.8, 4) is 11.1 Å². The molecule has 0 saturated carbocycles. The summed E-state index contributed by atoms with van der Waals surface area (Å²) in [5.41, 5.74) is 3.70. The Balaban J connectivity index is 2.23. The lowest BCUT2D eigenvalue weighted by atomic mass is 9.99. The summed E-state index contributed by atoms with van der Waals surface area (Å²) in [7, 11) is 1.96. The quantitative estimate of drug-likeness (QED) is 0.869. The van der Waals surface area contributed by atoms with E-state index >= 15 is 0 Å². The molecule has 2 N–H and O–H groups in total. The van der Waals surface area contributed by atoms with Gasteiger partial charge in [0.15, 0.2) is 0 Å². The van der Waals surface area contributed by atoms with Crippen molar-refractivity contribution < 1.29 is 9.90 Å². The van der Waals surface area contributed by atoms with Crippen LogP contribution in [-0.4, -0.2) is 18.1 Å². The largest absolute Gasteiger partial charge is 0.478 e. The second-order valence-corrected chi connectivity index (χ2v) is 4.75. The highest BCUT2D eigenvalue weighted by molar-refractivity contribution is 5.88. The maximum Gasteiger partial charge on any atom is 0.335 e. The van der Waals surface area contributed by atoms with Crippen molar-refractivity contribution >= 4 is 5.97 Å². The number of nitrogens with one attached hydrogen (secondary N) is 1. The van der Waals surface area contributed by atoms with Crippen LogP contribution in [0.3, 0.4) is 0 Å². The minimum Gasteiger partial charge on any atom is -0.478 e. The SMILES string of the molecule is CCC(NC)c1ccc(-c2ccc(C(=O)O)cc2)cc1. The van der Waals surface area contributed by atoms with Crippen molar-refractivity contribution in [3.05, 3.63) is 59.7 Å². The summed E-state index contributed by atoms with van der Waals surface area (Å²) in [6.45, 7) is 2.15. The van der Waals surface area contributed by atoms with Gasteiger partial charge in [-0.25, -0.2) is 4.79 Å². The van der Waals surface area contributed by atoms with Crippen LogP contribution >= 0.6 is 0 Å². The van der Waals surface area contributed by atoms with Crippen molar-refractivity contribution in [1.29, 1.82) is 0 Å². The molecule has 0 bridgehead atoms. The van der Waals surface area contributed by atoms with Gasteiger partial charge in [0.05, 0.1) is 5.56 Å². The fourth-order valence-electron chi connectivity index (χ4n) is 2.32. The molecule has 0 aromatic heterocycles. The fraction of sp³-hybridized carbons (Fsp3) is 0.235. The minimum absolute atomic E-state index is 0.312. The van der Waals surface area contributed by atoms with Crippen LogP contribution in [0.4, 0.5) is 0 Å². The van der Waals surface area contributed by atoms with Gasteiger partial charge in [0.25, 0.3) is 0 Å². The third-order valence-electron chi connectivity index (χ3n) is 3.53. The number of hydrogen-bond acceptors (Lipinski definition) is 2. The van der Waals surface area contributed by atoms with Crippen LogP contribution in [-0.2, 0) is 0 Å². The normalized spacial score (nSPS) is 12.1. The van der Waals surface area contributed by atoms with E-state index in [9.17, 15) is 4.79 Å². The van der Waals surface area contributed by atoms with Gasteiger partial charge in [-0.05, 0) is 42.3 Å². The number of benzene rings is 2. The zero-order valence-corrected chi connectivity index (χ0v) is 11.8. The standard InChI is InChI=1S/C17H19NO2/c1-3-16(18-2)14-8-4-12(5-9-14)13-6-10-15(11-7-13)17(19)20/h4-11,16,18H,3H2,1-2H3,(H,19,20). The zero-order valence-electron chi connectivity index (χ0n) is 11.8. The summed E-state index contributed by atoms with van der Waals surface area (Å²) in [5.74, 6) is -0.897. The van der Waals surface area contributed by atoms with E-state index in [0.717, 1.165) is 17.5 Å². The van der Waals surface area contributed by atoms with Crippen molar-refractivity contribution in [1.82, 2.24) is 5.32 Å². The van der Waals surface area contributed by atoms with Gasteiger partial charge in [-0.2, -0.15) is 0 Å². The van der Waals surface area contributed by atoms with Crippen LogP contribution in [0.1, 0.15) is 35.3 Å². The van der Waals surface area contributed by atoms with Crippen LogP contribution in [0.2, 0.25) is 0 Å². The van der Waals surface area contributed by atoms with Gasteiger partial charge >= 0.3 is 5.97 Å². The zero-order chi connectivity index (χ0) is 14.5. The summed E-state index contributed by atoms with van der Waals surface area (Å²) < 4.78 is 0. The van der Waals surface area contributed by atoms with E-state index in [1.165, 1.54) is 5.56 Å². The first kappa shape index (κ1) is 14.3. The number of aromatic carboxylic acids is 1. The van der Waals surface area contributed by atoms with E-state index in [1.807, 2.05) is 19.2 Å². The molecular formula is C17H19NO2. The molecule has 2 rings (SSSR count). The summed E-state index contributed by atoms with van der Waals surface area (Å²) in [4.78, 5) is 10.8. The van der Waals surface area contributed by atoms with E-state index in [2.05, 4.69) is 36.5 Å². The highest BCUT2D eigenvalue weighted by Crippen LogP contribution is 2.23. The molecule has 0 fully saturated rings. The van der Waals surface area contributed by atoms with Gasteiger partial charge in [0.1, 0.15) is 0 Å². The highest BCUT2D eigenvalue weighted by Gasteiger charge is 2.07. The van der Waals surface area contributed by atoms with Crippen LogP contribution in [0.5, 0.6) is 0 Å². The van der Waals surface area contributed by atoms with Crippen molar-refractivity contribution in [2.45, 2.75) is 19.4 Å². The molecule has 1 atom stereocenters. The van der Waals surface area contributed by atoms with Crippen LogP contribution in [0, 0.1) is 0 Å². The maximum absolute atomic E-state index is 10.8. The first-order valence-corrected chi connectivity index (χ1v) is 6.76. The summed E-state index contributed by atoms with van der Waals surface area (Å²) in [6, 6.07) is 15.7. The van der Waals surface area contributed by atoms with Gasteiger partial charge in [-0.1, -0.05) is 43.3 Å². The molecule has 20 heavy (non-hydrogen) atoms. The average molecular weight is 269 g/mol. The summed E-state index contributed by atoms with van der Waals surface area (Å²) in [5, 5.41) is 12.2. The summed E-state index contributed by atoms with van der Waals surface area (Å²) >= 11 is 0. The molecule has 3 heteroatoms. The lowest BCUT2D eigenvalue weighted by Gasteiger charge is -2.14. The van der Waals surface area contributed by atoms with Crippen molar-refractivity contribution in [2.75, 3.05) is 7.05 Å². The topological polar surface area (TPSA) is 49.3 Å². The predicted molar refractivity (Wildman–Crippen MR) is 80.9 cm³/mol. The third-order valence-corrected chi connectivity index (χ3v) is 3.53. The number of carbonyl (C=O) groups is 1. The lowest BCUT2D eigenvalue weighted by Crippen LogP contribution is -2.14. The van der Waals surface area contributed by atoms with E-state index in [0.29, 0.717) is 11.6 Å². The Labute approximate surface area is 119 Å². The van der Waals surface area contributed by atoms with E-state index in [-0.39, 0.29) is 0 Å². The van der Waals surface area contributed by atoms with E-state index in [4.69, 9.17) is 5.11 Å². The maximum atomic E-state index is 10.8. The van der Waals surface area contributed by atoms with Gasteiger partial charge < -0.3 is 10.4 Å². The Bertz CT molecular complexity index is 569. The number of hydrogen-bond donors (Lipinski definition) is 2. The Morgan fingerprint density at radius 2 is 1.55 bits per heavy atom. The van der Waals surface area contributed by atoms with Crippen LogP contribution < -0.4 is 5.32 Å². The summed E-state index contributed by atoms with van der Waals surface area (Å²) in [6.07, 6.45) is 1.04. The lowest BCUT2D eigenvalue weighted by molar-refractivity contribution is 0.0697. The monoisotopic (exact) mass is 269 g/mol. The Hall–Kier alpha value is -2.13. The van der Waals surface area contributed by atoms with Gasteiger partial charge in [-0.15, -0.1) is 0 Å². The van der Waals surface area contributed by atoms with Crippen LogP contribution in [0.15, 0.2) is 48.5 Å². The molecule has 2 aromatic carbocycles. The molecule has 0 amide bonds. The van der Waals surface area contributed by atoms with Crippen molar-refractivity contribution in [3.63, 3.8) is 0 Å². The molecule has 0 aliphatic carbocycles. The molecule has 0 aliphatic rings. The molecule has 0 saturated heterocycles. The molecule has 0 heterocycles. The first-order chi connectivity index (χ1) is 9.65. The molecule has 1 unspecified atom stereocenters. The number of carboxylic acids is 1. The Kier molecular flexibility index (Phi) is 4.53. The molecule has 104 valence electrons. The number of rotatable bonds is 5. The Morgan fingerprint density at radius 1 is 1.05 bits per heavy atom.